The Morgan fingerprint density at radius 2 is 1.96 bits per heavy atom. The third-order valence-electron chi connectivity index (χ3n) is 4.66. The van der Waals surface area contributed by atoms with Gasteiger partial charge in [-0.15, -0.1) is 0 Å². The van der Waals surface area contributed by atoms with Crippen LogP contribution in [-0.2, 0) is 14.3 Å². The van der Waals surface area contributed by atoms with E-state index in [0.29, 0.717) is 5.82 Å². The summed E-state index contributed by atoms with van der Waals surface area (Å²) >= 11 is 0. The van der Waals surface area contributed by atoms with Crippen LogP contribution in [-0.4, -0.2) is 35.3 Å². The molecule has 6 nitrogen and oxygen atoms in total. The molecule has 0 saturated carbocycles. The summed E-state index contributed by atoms with van der Waals surface area (Å²) in [5.41, 5.74) is 2.56. The molecule has 140 valence electrons. The molecule has 2 aromatic rings. The minimum Gasteiger partial charge on any atom is -0.469 e. The van der Waals surface area contributed by atoms with Crippen LogP contribution in [0.5, 0.6) is 0 Å². The van der Waals surface area contributed by atoms with Gasteiger partial charge in [-0.3, -0.25) is 4.79 Å². The molecule has 2 rings (SSSR count). The lowest BCUT2D eigenvalue weighted by molar-refractivity contribution is -0.152. The summed E-state index contributed by atoms with van der Waals surface area (Å²) in [6.45, 7) is 9.38. The molecule has 0 amide bonds. The SMILES string of the molecule is COC(=O)C(C)(C)COC(=O)n1ccnc1[C@@H](C)c1cccc(C)c1C. The van der Waals surface area contributed by atoms with Gasteiger partial charge < -0.3 is 9.47 Å². The molecular weight excluding hydrogens is 332 g/mol. The van der Waals surface area contributed by atoms with Gasteiger partial charge in [0.2, 0.25) is 0 Å². The summed E-state index contributed by atoms with van der Waals surface area (Å²) in [6, 6.07) is 6.09. The minimum absolute atomic E-state index is 0.0754. The molecule has 0 unspecified atom stereocenters. The summed E-state index contributed by atoms with van der Waals surface area (Å²) in [7, 11) is 1.31. The van der Waals surface area contributed by atoms with Crippen LogP contribution >= 0.6 is 0 Å². The van der Waals surface area contributed by atoms with E-state index in [4.69, 9.17) is 9.47 Å². The first kappa shape index (κ1) is 19.7. The van der Waals surface area contributed by atoms with Gasteiger partial charge in [0.1, 0.15) is 12.4 Å². The smallest absolute Gasteiger partial charge is 0.419 e. The van der Waals surface area contributed by atoms with Crippen LogP contribution < -0.4 is 0 Å². The number of hydrogen-bond donors (Lipinski definition) is 0. The van der Waals surface area contributed by atoms with Gasteiger partial charge in [-0.2, -0.15) is 0 Å². The average Bonchev–Trinajstić information content (AvgIpc) is 3.10. The van der Waals surface area contributed by atoms with Crippen LogP contribution in [0.15, 0.2) is 30.6 Å². The van der Waals surface area contributed by atoms with E-state index >= 15 is 0 Å². The number of nitrogens with zero attached hydrogens (tertiary/aromatic N) is 2. The Labute approximate surface area is 154 Å². The zero-order valence-corrected chi connectivity index (χ0v) is 16.2. The quantitative estimate of drug-likeness (QED) is 0.760. The fraction of sp³-hybridized carbons (Fsp3) is 0.450. The lowest BCUT2D eigenvalue weighted by Crippen LogP contribution is -2.33. The van der Waals surface area contributed by atoms with Crippen molar-refractivity contribution in [3.8, 4) is 0 Å². The van der Waals surface area contributed by atoms with E-state index in [1.807, 2.05) is 19.1 Å². The van der Waals surface area contributed by atoms with Crippen LogP contribution in [0.2, 0.25) is 0 Å². The van der Waals surface area contributed by atoms with Crippen molar-refractivity contribution in [3.05, 3.63) is 53.1 Å². The van der Waals surface area contributed by atoms with E-state index in [2.05, 4.69) is 24.9 Å². The van der Waals surface area contributed by atoms with Crippen molar-refractivity contribution in [1.29, 1.82) is 0 Å². The van der Waals surface area contributed by atoms with E-state index in [1.54, 1.807) is 26.2 Å². The number of aromatic nitrogens is 2. The monoisotopic (exact) mass is 358 g/mol. The lowest BCUT2D eigenvalue weighted by Gasteiger charge is -2.22. The lowest BCUT2D eigenvalue weighted by atomic mass is 9.93. The molecule has 1 aromatic carbocycles. The van der Waals surface area contributed by atoms with E-state index in [1.165, 1.54) is 22.8 Å². The molecule has 0 saturated heterocycles. The van der Waals surface area contributed by atoms with Crippen molar-refractivity contribution in [3.63, 3.8) is 0 Å². The van der Waals surface area contributed by atoms with Crippen LogP contribution in [0.1, 0.15) is 49.2 Å². The molecule has 0 aliphatic heterocycles. The first-order valence-corrected chi connectivity index (χ1v) is 8.54. The Hall–Kier alpha value is -2.63. The van der Waals surface area contributed by atoms with Gasteiger partial charge in [-0.05, 0) is 44.4 Å². The molecule has 0 fully saturated rings. The largest absolute Gasteiger partial charge is 0.469 e. The van der Waals surface area contributed by atoms with Crippen LogP contribution in [0.3, 0.4) is 0 Å². The third-order valence-corrected chi connectivity index (χ3v) is 4.66. The number of esters is 1. The predicted molar refractivity (Wildman–Crippen MR) is 98.2 cm³/mol. The Bertz CT molecular complexity index is 808. The Balaban J connectivity index is 2.21. The molecule has 6 heteroatoms. The zero-order valence-electron chi connectivity index (χ0n) is 16.2. The van der Waals surface area contributed by atoms with Crippen LogP contribution in [0.25, 0.3) is 0 Å². The standard InChI is InChI=1S/C20H26N2O4/c1-13-8-7-9-16(14(13)2)15(3)17-21-10-11-22(17)19(24)26-12-20(4,5)18(23)25-6/h7-11,15H,12H2,1-6H3/t15-/m0/s1. The Kier molecular flexibility index (Phi) is 5.85. The summed E-state index contributed by atoms with van der Waals surface area (Å²) in [5, 5.41) is 0. The molecule has 0 radical (unpaired) electrons. The van der Waals surface area contributed by atoms with E-state index in [-0.39, 0.29) is 12.5 Å². The second-order valence-corrected chi connectivity index (χ2v) is 7.10. The van der Waals surface area contributed by atoms with Crippen molar-refractivity contribution in [2.75, 3.05) is 13.7 Å². The van der Waals surface area contributed by atoms with E-state index in [0.717, 1.165) is 5.56 Å². The fourth-order valence-electron chi connectivity index (χ4n) is 2.82. The first-order valence-electron chi connectivity index (χ1n) is 8.54. The van der Waals surface area contributed by atoms with Crippen molar-refractivity contribution in [2.24, 2.45) is 5.41 Å². The number of rotatable bonds is 5. The molecule has 0 aliphatic carbocycles. The van der Waals surface area contributed by atoms with Crippen molar-refractivity contribution < 1.29 is 19.1 Å². The minimum atomic E-state index is -0.913. The number of imidazole rings is 1. The number of aryl methyl sites for hydroxylation is 1. The topological polar surface area (TPSA) is 70.4 Å². The number of carbonyl (C=O) groups excluding carboxylic acids is 2. The van der Waals surface area contributed by atoms with Gasteiger partial charge >= 0.3 is 12.1 Å². The molecule has 1 aromatic heterocycles. The predicted octanol–water partition coefficient (Wildman–Crippen LogP) is 3.84. The summed E-state index contributed by atoms with van der Waals surface area (Å²) in [6.07, 6.45) is 2.58. The molecule has 0 aliphatic rings. The molecule has 0 spiro atoms. The maximum Gasteiger partial charge on any atom is 0.419 e. The summed E-state index contributed by atoms with van der Waals surface area (Å²) < 4.78 is 11.5. The summed E-state index contributed by atoms with van der Waals surface area (Å²) in [5.74, 6) is 0.0885. The number of methoxy groups -OCH3 is 1. The fourth-order valence-corrected chi connectivity index (χ4v) is 2.82. The Morgan fingerprint density at radius 3 is 2.62 bits per heavy atom. The van der Waals surface area contributed by atoms with Gasteiger partial charge in [-0.25, -0.2) is 14.3 Å². The molecule has 0 N–H and O–H groups in total. The molecular formula is C20H26N2O4. The highest BCUT2D eigenvalue weighted by Gasteiger charge is 2.31. The molecule has 0 bridgehead atoms. The van der Waals surface area contributed by atoms with E-state index in [9.17, 15) is 9.59 Å². The average molecular weight is 358 g/mol. The third kappa shape index (κ3) is 3.95. The second-order valence-electron chi connectivity index (χ2n) is 7.10. The Morgan fingerprint density at radius 1 is 1.27 bits per heavy atom. The van der Waals surface area contributed by atoms with Crippen molar-refractivity contribution >= 4 is 12.1 Å². The maximum atomic E-state index is 12.5. The number of hydrogen-bond acceptors (Lipinski definition) is 5. The van der Waals surface area contributed by atoms with Crippen LogP contribution in [0, 0.1) is 19.3 Å². The van der Waals surface area contributed by atoms with Gasteiger partial charge in [0, 0.05) is 18.3 Å². The van der Waals surface area contributed by atoms with Gasteiger partial charge in [0.15, 0.2) is 0 Å². The van der Waals surface area contributed by atoms with Gasteiger partial charge in [0.25, 0.3) is 0 Å². The van der Waals surface area contributed by atoms with E-state index < -0.39 is 17.5 Å². The van der Waals surface area contributed by atoms with Gasteiger partial charge in [0.05, 0.1) is 12.5 Å². The number of carbonyl (C=O) groups is 2. The second kappa shape index (κ2) is 7.72. The normalized spacial score (nSPS) is 12.5. The molecule has 1 atom stereocenters. The highest BCUT2D eigenvalue weighted by molar-refractivity contribution is 5.77. The van der Waals surface area contributed by atoms with Crippen molar-refractivity contribution in [2.45, 2.75) is 40.5 Å². The van der Waals surface area contributed by atoms with Crippen molar-refractivity contribution in [1.82, 2.24) is 9.55 Å². The first-order chi connectivity index (χ1) is 12.2. The van der Waals surface area contributed by atoms with Crippen LogP contribution in [0.4, 0.5) is 4.79 Å². The maximum absolute atomic E-state index is 12.5. The highest BCUT2D eigenvalue weighted by Crippen LogP contribution is 2.27. The van der Waals surface area contributed by atoms with Gasteiger partial charge in [-0.1, -0.05) is 25.1 Å². The molecule has 26 heavy (non-hydrogen) atoms. The molecule has 1 heterocycles. The highest BCUT2D eigenvalue weighted by atomic mass is 16.6. The summed E-state index contributed by atoms with van der Waals surface area (Å²) in [4.78, 5) is 28.6. The number of benzene rings is 1. The zero-order chi connectivity index (χ0) is 19.5. The number of ether oxygens (including phenoxy) is 2.